The van der Waals surface area contributed by atoms with E-state index < -0.39 is 32.9 Å². The standard InChI is InChI=1S/C22H39N5O4Si/c1-12(2)10-23-21-25-18-14(19(29)26-21)24-11-27(18)20-17(15(28)16(30-20)13(3)4)31-32(8,9)22(5,6)7/h11-13,15-17,20,28H,10H2,1-9H3,(H2,23,25,26,29)/t15?,16-,17+,20-/m1/s1. The third-order valence-corrected chi connectivity index (χ3v) is 11.0. The maximum Gasteiger partial charge on any atom is 0.280 e. The van der Waals surface area contributed by atoms with E-state index in [-0.39, 0.29) is 22.0 Å². The number of hydrogen-bond donors (Lipinski definition) is 3. The summed E-state index contributed by atoms with van der Waals surface area (Å²) in [4.78, 5) is 24.3. The Kier molecular flexibility index (Phi) is 6.91. The number of aliphatic hydroxyl groups is 1. The minimum atomic E-state index is -2.22. The fourth-order valence-corrected chi connectivity index (χ4v) is 4.88. The van der Waals surface area contributed by atoms with Gasteiger partial charge in [0.05, 0.1) is 12.4 Å². The molecule has 0 amide bonds. The number of H-pyrrole nitrogens is 1. The zero-order valence-electron chi connectivity index (χ0n) is 20.8. The lowest BCUT2D eigenvalue weighted by Gasteiger charge is -2.40. The molecule has 3 N–H and O–H groups in total. The molecule has 2 aromatic heterocycles. The van der Waals surface area contributed by atoms with Crippen molar-refractivity contribution in [3.63, 3.8) is 0 Å². The summed E-state index contributed by atoms with van der Waals surface area (Å²) in [5.41, 5.74) is 0.323. The Labute approximate surface area is 191 Å². The molecule has 0 saturated carbocycles. The van der Waals surface area contributed by atoms with E-state index in [0.717, 1.165) is 0 Å². The Hall–Kier alpha value is -1.75. The predicted octanol–water partition coefficient (Wildman–Crippen LogP) is 3.49. The Balaban J connectivity index is 2.05. The molecule has 0 aliphatic carbocycles. The maximum absolute atomic E-state index is 12.6. The van der Waals surface area contributed by atoms with E-state index in [1.165, 1.54) is 0 Å². The Morgan fingerprint density at radius 2 is 1.97 bits per heavy atom. The summed E-state index contributed by atoms with van der Waals surface area (Å²) < 4.78 is 14.7. The average molecular weight is 466 g/mol. The number of hydrogen-bond acceptors (Lipinski definition) is 7. The van der Waals surface area contributed by atoms with E-state index in [1.54, 1.807) is 10.9 Å². The Morgan fingerprint density at radius 3 is 2.53 bits per heavy atom. The molecule has 1 fully saturated rings. The van der Waals surface area contributed by atoms with Crippen molar-refractivity contribution in [1.82, 2.24) is 19.5 Å². The van der Waals surface area contributed by atoms with Gasteiger partial charge in [-0.25, -0.2) is 4.98 Å². The Bertz CT molecular complexity index is 994. The fourth-order valence-electron chi connectivity index (χ4n) is 3.59. The lowest BCUT2D eigenvalue weighted by molar-refractivity contribution is -0.0476. The average Bonchev–Trinajstić information content (AvgIpc) is 3.21. The van der Waals surface area contributed by atoms with Crippen LogP contribution in [-0.2, 0) is 9.16 Å². The van der Waals surface area contributed by atoms with Crippen LogP contribution in [-0.4, -0.2) is 57.8 Å². The highest BCUT2D eigenvalue weighted by Crippen LogP contribution is 2.43. The van der Waals surface area contributed by atoms with Crippen molar-refractivity contribution in [3.05, 3.63) is 16.7 Å². The van der Waals surface area contributed by atoms with Crippen molar-refractivity contribution in [2.75, 3.05) is 11.9 Å². The minimum absolute atomic E-state index is 0.0342. The van der Waals surface area contributed by atoms with E-state index in [1.807, 2.05) is 13.8 Å². The Morgan fingerprint density at radius 1 is 1.31 bits per heavy atom. The molecule has 1 unspecified atom stereocenters. The number of anilines is 1. The molecule has 10 heteroatoms. The number of imidazole rings is 1. The van der Waals surface area contributed by atoms with Gasteiger partial charge in [0.15, 0.2) is 25.7 Å². The van der Waals surface area contributed by atoms with Crippen LogP contribution in [0.4, 0.5) is 5.95 Å². The summed E-state index contributed by atoms with van der Waals surface area (Å²) in [7, 11) is -2.22. The summed E-state index contributed by atoms with van der Waals surface area (Å²) in [6.45, 7) is 19.7. The van der Waals surface area contributed by atoms with Crippen LogP contribution in [0.2, 0.25) is 18.1 Å². The molecular weight excluding hydrogens is 426 g/mol. The van der Waals surface area contributed by atoms with Gasteiger partial charge in [0.25, 0.3) is 5.56 Å². The van der Waals surface area contributed by atoms with Gasteiger partial charge in [0.2, 0.25) is 5.95 Å². The van der Waals surface area contributed by atoms with Crippen molar-refractivity contribution in [2.45, 2.75) is 91.1 Å². The van der Waals surface area contributed by atoms with Crippen molar-refractivity contribution < 1.29 is 14.3 Å². The molecule has 32 heavy (non-hydrogen) atoms. The third-order valence-electron chi connectivity index (χ3n) is 6.53. The molecule has 0 bridgehead atoms. The number of fused-ring (bicyclic) bond motifs is 1. The van der Waals surface area contributed by atoms with Crippen LogP contribution in [0.5, 0.6) is 0 Å². The maximum atomic E-state index is 12.6. The highest BCUT2D eigenvalue weighted by molar-refractivity contribution is 6.74. The normalized spacial score (nSPS) is 24.8. The molecule has 0 aromatic carbocycles. The molecule has 1 aliphatic rings. The van der Waals surface area contributed by atoms with Crippen molar-refractivity contribution >= 4 is 25.4 Å². The SMILES string of the molecule is CC(C)CNc1nc2c(ncn2[C@@H]2O[C@H](C(C)C)C(O)[C@@H]2O[Si](C)(C)C(C)(C)C)c(=O)[nH]1. The first-order chi connectivity index (χ1) is 14.7. The first-order valence-corrected chi connectivity index (χ1v) is 14.4. The molecule has 180 valence electrons. The second-order valence-electron chi connectivity index (χ2n) is 11.1. The summed E-state index contributed by atoms with van der Waals surface area (Å²) in [5, 5.41) is 14.3. The largest absolute Gasteiger partial charge is 0.407 e. The first-order valence-electron chi connectivity index (χ1n) is 11.4. The number of aliphatic hydroxyl groups excluding tert-OH is 1. The molecule has 3 heterocycles. The van der Waals surface area contributed by atoms with Gasteiger partial charge in [0, 0.05) is 6.54 Å². The van der Waals surface area contributed by atoms with Gasteiger partial charge in [0.1, 0.15) is 12.2 Å². The van der Waals surface area contributed by atoms with E-state index in [4.69, 9.17) is 9.16 Å². The monoisotopic (exact) mass is 465 g/mol. The van der Waals surface area contributed by atoms with Gasteiger partial charge < -0.3 is 19.6 Å². The van der Waals surface area contributed by atoms with Gasteiger partial charge in [-0.1, -0.05) is 48.5 Å². The first kappa shape index (κ1) is 24.9. The molecule has 1 aliphatic heterocycles. The topological polar surface area (TPSA) is 114 Å². The van der Waals surface area contributed by atoms with Crippen molar-refractivity contribution in [2.24, 2.45) is 11.8 Å². The second kappa shape index (κ2) is 8.89. The van der Waals surface area contributed by atoms with Gasteiger partial charge >= 0.3 is 0 Å². The molecule has 3 rings (SSSR count). The van der Waals surface area contributed by atoms with Crippen LogP contribution in [0, 0.1) is 11.8 Å². The zero-order valence-corrected chi connectivity index (χ0v) is 21.8. The summed E-state index contributed by atoms with van der Waals surface area (Å²) in [6, 6.07) is 0. The van der Waals surface area contributed by atoms with Crippen molar-refractivity contribution in [1.29, 1.82) is 0 Å². The smallest absolute Gasteiger partial charge is 0.280 e. The molecule has 4 atom stereocenters. The van der Waals surface area contributed by atoms with Gasteiger partial charge in [-0.3, -0.25) is 14.3 Å². The number of aromatic nitrogens is 4. The number of nitrogens with zero attached hydrogens (tertiary/aromatic N) is 3. The van der Waals surface area contributed by atoms with Crippen LogP contribution < -0.4 is 10.9 Å². The van der Waals surface area contributed by atoms with E-state index >= 15 is 0 Å². The molecule has 9 nitrogen and oxygen atoms in total. The van der Waals surface area contributed by atoms with Gasteiger partial charge in [-0.2, -0.15) is 4.98 Å². The van der Waals surface area contributed by atoms with Crippen LogP contribution in [0.3, 0.4) is 0 Å². The molecule has 0 radical (unpaired) electrons. The van der Waals surface area contributed by atoms with Gasteiger partial charge in [-0.15, -0.1) is 0 Å². The molecule has 1 saturated heterocycles. The van der Waals surface area contributed by atoms with Crippen LogP contribution in [0.25, 0.3) is 11.2 Å². The lowest BCUT2D eigenvalue weighted by atomic mass is 10.0. The predicted molar refractivity (Wildman–Crippen MR) is 128 cm³/mol. The van der Waals surface area contributed by atoms with Crippen LogP contribution in [0.1, 0.15) is 54.7 Å². The summed E-state index contributed by atoms with van der Waals surface area (Å²) in [6.07, 6.45) is -0.862. The van der Waals surface area contributed by atoms with Gasteiger partial charge in [-0.05, 0) is 30.0 Å². The minimum Gasteiger partial charge on any atom is -0.407 e. The number of nitrogens with one attached hydrogen (secondary N) is 2. The molecular formula is C22H39N5O4Si. The molecule has 2 aromatic rings. The van der Waals surface area contributed by atoms with E-state index in [9.17, 15) is 9.90 Å². The number of aromatic amines is 1. The highest BCUT2D eigenvalue weighted by Gasteiger charge is 2.51. The van der Waals surface area contributed by atoms with E-state index in [2.05, 4.69) is 68.0 Å². The quantitative estimate of drug-likeness (QED) is 0.536. The zero-order chi connectivity index (χ0) is 24.0. The lowest BCUT2D eigenvalue weighted by Crippen LogP contribution is -2.48. The number of rotatable bonds is 7. The van der Waals surface area contributed by atoms with Crippen LogP contribution in [0.15, 0.2) is 11.1 Å². The van der Waals surface area contributed by atoms with Crippen LogP contribution >= 0.6 is 0 Å². The fraction of sp³-hybridized carbons (Fsp3) is 0.773. The van der Waals surface area contributed by atoms with Crippen molar-refractivity contribution in [3.8, 4) is 0 Å². The number of ether oxygens (including phenoxy) is 1. The van der Waals surface area contributed by atoms with E-state index in [0.29, 0.717) is 24.1 Å². The highest BCUT2D eigenvalue weighted by atomic mass is 28.4. The summed E-state index contributed by atoms with van der Waals surface area (Å²) >= 11 is 0. The summed E-state index contributed by atoms with van der Waals surface area (Å²) in [5.74, 6) is 0.872. The second-order valence-corrected chi connectivity index (χ2v) is 15.8. The molecule has 0 spiro atoms. The third kappa shape index (κ3) is 4.78.